The van der Waals surface area contributed by atoms with Crippen molar-refractivity contribution in [3.05, 3.63) is 50.6 Å². The summed E-state index contributed by atoms with van der Waals surface area (Å²) < 4.78 is 8.94. The lowest BCUT2D eigenvalue weighted by atomic mass is 10.2. The van der Waals surface area contributed by atoms with Gasteiger partial charge in [0.25, 0.3) is 0 Å². The van der Waals surface area contributed by atoms with Crippen LogP contribution in [-0.2, 0) is 25.3 Å². The predicted octanol–water partition coefficient (Wildman–Crippen LogP) is 1.76. The van der Waals surface area contributed by atoms with Gasteiger partial charge in [0.1, 0.15) is 0 Å². The lowest BCUT2D eigenvalue weighted by Gasteiger charge is -2.07. The summed E-state index contributed by atoms with van der Waals surface area (Å²) in [7, 11) is 3.37. The van der Waals surface area contributed by atoms with Crippen LogP contribution in [0.5, 0.6) is 0 Å². The zero-order valence-electron chi connectivity index (χ0n) is 12.7. The Bertz CT molecular complexity index is 924. The maximum atomic E-state index is 12.3. The number of esters is 1. The molecule has 0 spiro atoms. The van der Waals surface area contributed by atoms with Gasteiger partial charge in [0.15, 0.2) is 0 Å². The molecule has 0 radical (unpaired) electrons. The topological polar surface area (TPSA) is 81.9 Å². The molecule has 3 rings (SSSR count). The Balaban J connectivity index is 1.84. The maximum Gasteiger partial charge on any atom is 0.339 e. The molecule has 7 nitrogen and oxygen atoms in total. The third kappa shape index (κ3) is 2.81. The summed E-state index contributed by atoms with van der Waals surface area (Å²) in [5.74, 6) is -0.432. The monoisotopic (exact) mass is 378 g/mol. The Morgan fingerprint density at radius 1 is 1.30 bits per heavy atom. The van der Waals surface area contributed by atoms with Crippen molar-refractivity contribution >= 4 is 32.9 Å². The van der Waals surface area contributed by atoms with Crippen LogP contribution in [-0.4, -0.2) is 31.9 Å². The number of H-pyrrole nitrogens is 1. The zero-order chi connectivity index (χ0) is 16.6. The first-order valence-corrected chi connectivity index (χ1v) is 7.78. The highest BCUT2D eigenvalue weighted by molar-refractivity contribution is 9.10. The number of hydrogen-bond acceptors (Lipinski definition) is 4. The number of nitrogens with one attached hydrogen (secondary N) is 1. The summed E-state index contributed by atoms with van der Waals surface area (Å²) in [6.07, 6.45) is 4.04. The van der Waals surface area contributed by atoms with Crippen molar-refractivity contribution in [1.82, 2.24) is 19.3 Å². The largest absolute Gasteiger partial charge is 0.462 e. The molecule has 0 atom stereocenters. The Morgan fingerprint density at radius 2 is 2.00 bits per heavy atom. The van der Waals surface area contributed by atoms with E-state index >= 15 is 0 Å². The van der Waals surface area contributed by atoms with E-state index < -0.39 is 5.97 Å². The van der Waals surface area contributed by atoms with Gasteiger partial charge >= 0.3 is 11.7 Å². The first-order chi connectivity index (χ1) is 11.0. The first-order valence-electron chi connectivity index (χ1n) is 6.98. The molecule has 0 saturated heterocycles. The molecule has 0 aliphatic carbocycles. The van der Waals surface area contributed by atoms with Gasteiger partial charge in [-0.3, -0.25) is 14.2 Å². The molecule has 0 amide bonds. The Morgan fingerprint density at radius 3 is 2.65 bits per heavy atom. The Kier molecular flexibility index (Phi) is 4.08. The number of aromatic amines is 1. The van der Waals surface area contributed by atoms with Crippen LogP contribution >= 0.6 is 15.9 Å². The van der Waals surface area contributed by atoms with E-state index in [1.807, 2.05) is 0 Å². The second kappa shape index (κ2) is 6.04. The van der Waals surface area contributed by atoms with Gasteiger partial charge in [-0.15, -0.1) is 0 Å². The minimum atomic E-state index is -0.432. The molecule has 0 unspecified atom stereocenters. The number of ether oxygens (including phenoxy) is 1. The van der Waals surface area contributed by atoms with Gasteiger partial charge in [-0.1, -0.05) is 0 Å². The minimum Gasteiger partial charge on any atom is -0.462 e. The molecular formula is C15H15BrN4O3. The van der Waals surface area contributed by atoms with Crippen molar-refractivity contribution in [2.45, 2.75) is 6.42 Å². The van der Waals surface area contributed by atoms with E-state index in [0.717, 1.165) is 11.1 Å². The molecule has 1 N–H and O–H groups in total. The first kappa shape index (κ1) is 15.5. The number of imidazole rings is 1. The molecule has 2 aromatic heterocycles. The van der Waals surface area contributed by atoms with Crippen LogP contribution in [0.25, 0.3) is 11.0 Å². The number of hydrogen-bond donors (Lipinski definition) is 1. The van der Waals surface area contributed by atoms with E-state index in [2.05, 4.69) is 26.1 Å². The summed E-state index contributed by atoms with van der Waals surface area (Å²) in [5.41, 5.74) is 2.66. The van der Waals surface area contributed by atoms with Gasteiger partial charge in [-0.05, 0) is 33.6 Å². The second-order valence-electron chi connectivity index (χ2n) is 5.21. The fourth-order valence-electron chi connectivity index (χ4n) is 2.43. The summed E-state index contributed by atoms with van der Waals surface area (Å²) >= 11 is 3.38. The SMILES string of the molecule is Cn1c(=O)n(C)c2cc(C(=O)OCCc3cn[nH]c3)c(Br)cc21. The van der Waals surface area contributed by atoms with Gasteiger partial charge in [0.05, 0.1) is 29.4 Å². The van der Waals surface area contributed by atoms with Crippen molar-refractivity contribution in [2.75, 3.05) is 6.61 Å². The van der Waals surface area contributed by atoms with E-state index in [1.165, 1.54) is 9.13 Å². The average Bonchev–Trinajstić information content (AvgIpc) is 3.11. The summed E-state index contributed by atoms with van der Waals surface area (Å²) in [4.78, 5) is 24.2. The summed E-state index contributed by atoms with van der Waals surface area (Å²) in [6.45, 7) is 0.260. The van der Waals surface area contributed by atoms with Gasteiger partial charge in [0, 0.05) is 31.2 Å². The fraction of sp³-hybridized carbons (Fsp3) is 0.267. The smallest absolute Gasteiger partial charge is 0.339 e. The number of carbonyl (C=O) groups is 1. The lowest BCUT2D eigenvalue weighted by Crippen LogP contribution is -2.19. The molecule has 0 saturated carbocycles. The van der Waals surface area contributed by atoms with E-state index in [1.54, 1.807) is 38.6 Å². The molecule has 0 bridgehead atoms. The number of fused-ring (bicyclic) bond motifs is 1. The van der Waals surface area contributed by atoms with Crippen LogP contribution in [0, 0.1) is 0 Å². The highest BCUT2D eigenvalue weighted by atomic mass is 79.9. The quantitative estimate of drug-likeness (QED) is 0.701. The predicted molar refractivity (Wildman–Crippen MR) is 88.4 cm³/mol. The summed E-state index contributed by atoms with van der Waals surface area (Å²) in [6, 6.07) is 3.42. The molecule has 120 valence electrons. The molecule has 1 aromatic carbocycles. The number of nitrogens with zero attached hydrogens (tertiary/aromatic N) is 3. The molecule has 8 heteroatoms. The molecule has 0 fully saturated rings. The van der Waals surface area contributed by atoms with E-state index in [0.29, 0.717) is 22.0 Å². The molecule has 0 aliphatic rings. The minimum absolute atomic E-state index is 0.141. The standard InChI is InChI=1S/C15H15BrN4O3/c1-19-12-5-10(11(16)6-13(12)20(2)15(19)22)14(21)23-4-3-9-7-17-18-8-9/h5-8H,3-4H2,1-2H3,(H,17,18). The molecular weight excluding hydrogens is 364 g/mol. The highest BCUT2D eigenvalue weighted by Crippen LogP contribution is 2.24. The number of rotatable bonds is 4. The van der Waals surface area contributed by atoms with Gasteiger partial charge in [-0.2, -0.15) is 5.10 Å². The molecule has 3 aromatic rings. The van der Waals surface area contributed by atoms with Gasteiger partial charge < -0.3 is 4.74 Å². The number of halogens is 1. The van der Waals surface area contributed by atoms with Gasteiger partial charge in [0.2, 0.25) is 0 Å². The van der Waals surface area contributed by atoms with Crippen molar-refractivity contribution in [2.24, 2.45) is 14.1 Å². The van der Waals surface area contributed by atoms with Crippen molar-refractivity contribution in [1.29, 1.82) is 0 Å². The van der Waals surface area contributed by atoms with Gasteiger partial charge in [-0.25, -0.2) is 9.59 Å². The van der Waals surface area contributed by atoms with Crippen LogP contribution < -0.4 is 5.69 Å². The van der Waals surface area contributed by atoms with E-state index in [-0.39, 0.29) is 12.3 Å². The Labute approximate surface area is 140 Å². The van der Waals surface area contributed by atoms with Crippen LogP contribution in [0.4, 0.5) is 0 Å². The average molecular weight is 379 g/mol. The number of carbonyl (C=O) groups excluding carboxylic acids is 1. The van der Waals surface area contributed by atoms with Crippen LogP contribution in [0.15, 0.2) is 33.8 Å². The third-order valence-electron chi connectivity index (χ3n) is 3.76. The number of benzene rings is 1. The number of aryl methyl sites for hydroxylation is 2. The Hall–Kier alpha value is -2.35. The number of aromatic nitrogens is 4. The van der Waals surface area contributed by atoms with Crippen LogP contribution in [0.3, 0.4) is 0 Å². The lowest BCUT2D eigenvalue weighted by molar-refractivity contribution is 0.0508. The highest BCUT2D eigenvalue weighted by Gasteiger charge is 2.17. The summed E-state index contributed by atoms with van der Waals surface area (Å²) in [5, 5.41) is 6.55. The molecule has 0 aliphatic heterocycles. The van der Waals surface area contributed by atoms with Crippen LogP contribution in [0.1, 0.15) is 15.9 Å². The third-order valence-corrected chi connectivity index (χ3v) is 4.42. The van der Waals surface area contributed by atoms with Crippen LogP contribution in [0.2, 0.25) is 0 Å². The van der Waals surface area contributed by atoms with E-state index in [9.17, 15) is 9.59 Å². The molecule has 2 heterocycles. The van der Waals surface area contributed by atoms with Crippen molar-refractivity contribution in [3.8, 4) is 0 Å². The normalized spacial score (nSPS) is 11.1. The second-order valence-corrected chi connectivity index (χ2v) is 6.07. The van der Waals surface area contributed by atoms with Crippen molar-refractivity contribution in [3.63, 3.8) is 0 Å². The van der Waals surface area contributed by atoms with Crippen molar-refractivity contribution < 1.29 is 9.53 Å². The zero-order valence-corrected chi connectivity index (χ0v) is 14.3. The van der Waals surface area contributed by atoms with E-state index in [4.69, 9.17) is 4.74 Å². The fourth-order valence-corrected chi connectivity index (χ4v) is 2.92. The maximum absolute atomic E-state index is 12.3. The molecule has 23 heavy (non-hydrogen) atoms.